The molecule has 0 unspecified atom stereocenters. The average molecular weight is 357 g/mol. The number of hydrogen-bond donors (Lipinski definition) is 2. The van der Waals surface area contributed by atoms with Crippen molar-refractivity contribution in [3.8, 4) is 5.69 Å². The van der Waals surface area contributed by atoms with Crippen LogP contribution in [0.5, 0.6) is 0 Å². The van der Waals surface area contributed by atoms with E-state index < -0.39 is 17.8 Å². The first-order chi connectivity index (χ1) is 12.4. The predicted molar refractivity (Wildman–Crippen MR) is 97.5 cm³/mol. The van der Waals surface area contributed by atoms with Crippen molar-refractivity contribution < 1.29 is 14.7 Å². The molecule has 0 bridgehead atoms. The standard InChI is InChI=1S/C19H23N3O4/c1-12-16(18(24)22(21(12)2)13-8-4-3-5-9-13)20-17(23)14-10-6-7-11-15(14)19(25)26/h3-5,8-9,14-15H,6-7,10-11H2,1-2H3,(H,20,23)(H,25,26)/t14-,15-/m0/s1. The Kier molecular flexibility index (Phi) is 4.97. The number of benzene rings is 1. The smallest absolute Gasteiger partial charge is 0.307 e. The largest absolute Gasteiger partial charge is 0.481 e. The maximum absolute atomic E-state index is 12.9. The third kappa shape index (κ3) is 3.16. The van der Waals surface area contributed by atoms with Gasteiger partial charge in [-0.3, -0.25) is 19.1 Å². The number of aliphatic carboxylic acids is 1. The van der Waals surface area contributed by atoms with E-state index in [1.54, 1.807) is 18.7 Å². The molecule has 1 aliphatic rings. The summed E-state index contributed by atoms with van der Waals surface area (Å²) in [7, 11) is 1.75. The number of carbonyl (C=O) groups is 2. The van der Waals surface area contributed by atoms with Gasteiger partial charge in [-0.1, -0.05) is 31.0 Å². The number of aromatic nitrogens is 2. The zero-order valence-corrected chi connectivity index (χ0v) is 14.9. The first kappa shape index (κ1) is 18.0. The Balaban J connectivity index is 1.92. The third-order valence-corrected chi connectivity index (χ3v) is 5.22. The minimum atomic E-state index is -0.948. The fourth-order valence-corrected chi connectivity index (χ4v) is 3.67. The van der Waals surface area contributed by atoms with Crippen molar-refractivity contribution in [1.29, 1.82) is 0 Å². The Morgan fingerprint density at radius 1 is 1.12 bits per heavy atom. The number of para-hydroxylation sites is 1. The number of carboxylic acids is 1. The summed E-state index contributed by atoms with van der Waals surface area (Å²) in [4.78, 5) is 37.0. The highest BCUT2D eigenvalue weighted by Gasteiger charge is 2.36. The topological polar surface area (TPSA) is 93.3 Å². The van der Waals surface area contributed by atoms with E-state index in [1.807, 2.05) is 30.3 Å². The second-order valence-corrected chi connectivity index (χ2v) is 6.76. The number of rotatable bonds is 4. The van der Waals surface area contributed by atoms with E-state index in [1.165, 1.54) is 4.68 Å². The number of nitrogens with one attached hydrogen (secondary N) is 1. The highest BCUT2D eigenvalue weighted by atomic mass is 16.4. The second kappa shape index (κ2) is 7.19. The Bertz CT molecular complexity index is 882. The van der Waals surface area contributed by atoms with E-state index in [0.717, 1.165) is 12.8 Å². The molecule has 1 aromatic heterocycles. The number of carboxylic acid groups (broad SMARTS) is 1. The van der Waals surface area contributed by atoms with Crippen molar-refractivity contribution >= 4 is 17.6 Å². The van der Waals surface area contributed by atoms with Gasteiger partial charge in [0, 0.05) is 7.05 Å². The van der Waals surface area contributed by atoms with Gasteiger partial charge in [0.05, 0.1) is 23.2 Å². The van der Waals surface area contributed by atoms with Gasteiger partial charge in [0.15, 0.2) is 0 Å². The van der Waals surface area contributed by atoms with Crippen LogP contribution in [0.15, 0.2) is 35.1 Å². The van der Waals surface area contributed by atoms with Gasteiger partial charge < -0.3 is 10.4 Å². The van der Waals surface area contributed by atoms with Crippen LogP contribution in [0.25, 0.3) is 5.69 Å². The number of nitrogens with zero attached hydrogens (tertiary/aromatic N) is 2. The summed E-state index contributed by atoms with van der Waals surface area (Å²) in [6, 6.07) is 9.16. The van der Waals surface area contributed by atoms with E-state index in [0.29, 0.717) is 24.2 Å². The summed E-state index contributed by atoms with van der Waals surface area (Å²) in [6.45, 7) is 1.76. The molecule has 138 valence electrons. The van der Waals surface area contributed by atoms with Crippen molar-refractivity contribution in [3.63, 3.8) is 0 Å². The Hall–Kier alpha value is -2.83. The van der Waals surface area contributed by atoms with Crippen LogP contribution in [0.4, 0.5) is 5.69 Å². The van der Waals surface area contributed by atoms with Crippen molar-refractivity contribution in [2.75, 3.05) is 5.32 Å². The number of amides is 1. The van der Waals surface area contributed by atoms with E-state index in [9.17, 15) is 19.5 Å². The lowest BCUT2D eigenvalue weighted by Gasteiger charge is -2.27. The zero-order chi connectivity index (χ0) is 18.8. The van der Waals surface area contributed by atoms with Crippen molar-refractivity contribution in [3.05, 3.63) is 46.4 Å². The summed E-state index contributed by atoms with van der Waals surface area (Å²) in [6.07, 6.45) is 2.66. The van der Waals surface area contributed by atoms with Gasteiger partial charge in [0.25, 0.3) is 5.56 Å². The first-order valence-electron chi connectivity index (χ1n) is 8.79. The second-order valence-electron chi connectivity index (χ2n) is 6.76. The Labute approximate surface area is 151 Å². The molecule has 1 amide bonds. The SMILES string of the molecule is Cc1c(NC(=O)[C@H]2CCCC[C@@H]2C(=O)O)c(=O)n(-c2ccccc2)n1C. The molecule has 1 aromatic carbocycles. The molecule has 1 heterocycles. The quantitative estimate of drug-likeness (QED) is 0.878. The molecule has 0 radical (unpaired) electrons. The van der Waals surface area contributed by atoms with Crippen LogP contribution >= 0.6 is 0 Å². The summed E-state index contributed by atoms with van der Waals surface area (Å²) in [5.41, 5.74) is 1.20. The van der Waals surface area contributed by atoms with Crippen LogP contribution in [0, 0.1) is 18.8 Å². The summed E-state index contributed by atoms with van der Waals surface area (Å²) in [5, 5.41) is 12.1. The summed E-state index contributed by atoms with van der Waals surface area (Å²) >= 11 is 0. The lowest BCUT2D eigenvalue weighted by atomic mass is 9.78. The maximum atomic E-state index is 12.9. The average Bonchev–Trinajstić information content (AvgIpc) is 2.85. The van der Waals surface area contributed by atoms with Gasteiger partial charge in [-0.15, -0.1) is 0 Å². The Morgan fingerprint density at radius 2 is 1.73 bits per heavy atom. The molecule has 1 fully saturated rings. The van der Waals surface area contributed by atoms with Gasteiger partial charge in [-0.05, 0) is 31.9 Å². The van der Waals surface area contributed by atoms with Crippen molar-refractivity contribution in [2.45, 2.75) is 32.6 Å². The molecule has 0 spiro atoms. The van der Waals surface area contributed by atoms with Gasteiger partial charge in [0.1, 0.15) is 5.69 Å². The minimum absolute atomic E-state index is 0.205. The van der Waals surface area contributed by atoms with E-state index >= 15 is 0 Å². The predicted octanol–water partition coefficient (Wildman–Crippen LogP) is 2.31. The van der Waals surface area contributed by atoms with Gasteiger partial charge in [-0.25, -0.2) is 4.68 Å². The van der Waals surface area contributed by atoms with Gasteiger partial charge in [-0.2, -0.15) is 0 Å². The molecule has 3 rings (SSSR count). The molecule has 2 aromatic rings. The summed E-state index contributed by atoms with van der Waals surface area (Å²) < 4.78 is 3.17. The highest BCUT2D eigenvalue weighted by Crippen LogP contribution is 2.31. The molecular weight excluding hydrogens is 334 g/mol. The molecule has 7 heteroatoms. The molecule has 2 atom stereocenters. The van der Waals surface area contributed by atoms with Gasteiger partial charge >= 0.3 is 5.97 Å². The molecular formula is C19H23N3O4. The van der Waals surface area contributed by atoms with E-state index in [2.05, 4.69) is 5.32 Å². The van der Waals surface area contributed by atoms with Crippen LogP contribution in [-0.4, -0.2) is 26.3 Å². The van der Waals surface area contributed by atoms with Crippen LogP contribution in [-0.2, 0) is 16.6 Å². The number of anilines is 1. The van der Waals surface area contributed by atoms with Crippen LogP contribution in [0.1, 0.15) is 31.4 Å². The fraction of sp³-hybridized carbons (Fsp3) is 0.421. The van der Waals surface area contributed by atoms with Crippen LogP contribution < -0.4 is 10.9 Å². The van der Waals surface area contributed by atoms with Crippen LogP contribution in [0.2, 0.25) is 0 Å². The van der Waals surface area contributed by atoms with E-state index in [-0.39, 0.29) is 17.2 Å². The molecule has 0 saturated heterocycles. The molecule has 26 heavy (non-hydrogen) atoms. The van der Waals surface area contributed by atoms with Crippen LogP contribution in [0.3, 0.4) is 0 Å². The van der Waals surface area contributed by atoms with Crippen molar-refractivity contribution in [1.82, 2.24) is 9.36 Å². The first-order valence-corrected chi connectivity index (χ1v) is 8.79. The molecule has 1 aliphatic carbocycles. The number of carbonyl (C=O) groups excluding carboxylic acids is 1. The minimum Gasteiger partial charge on any atom is -0.481 e. The molecule has 0 aliphatic heterocycles. The normalized spacial score (nSPS) is 19.9. The molecule has 1 saturated carbocycles. The lowest BCUT2D eigenvalue weighted by molar-refractivity contribution is -0.147. The van der Waals surface area contributed by atoms with Gasteiger partial charge in [0.2, 0.25) is 5.91 Å². The third-order valence-electron chi connectivity index (χ3n) is 5.22. The van der Waals surface area contributed by atoms with E-state index in [4.69, 9.17) is 0 Å². The highest BCUT2D eigenvalue weighted by molar-refractivity contribution is 5.95. The number of hydrogen-bond acceptors (Lipinski definition) is 3. The Morgan fingerprint density at radius 3 is 2.35 bits per heavy atom. The summed E-state index contributed by atoms with van der Waals surface area (Å²) in [5.74, 6) is -2.63. The maximum Gasteiger partial charge on any atom is 0.307 e. The fourth-order valence-electron chi connectivity index (χ4n) is 3.67. The lowest BCUT2D eigenvalue weighted by Crippen LogP contribution is -2.37. The van der Waals surface area contributed by atoms with Crippen molar-refractivity contribution in [2.24, 2.45) is 18.9 Å². The molecule has 2 N–H and O–H groups in total. The zero-order valence-electron chi connectivity index (χ0n) is 14.9. The molecule has 7 nitrogen and oxygen atoms in total. The monoisotopic (exact) mass is 357 g/mol.